The molecule has 2 heterocycles. The first-order valence-electron chi connectivity index (χ1n) is 10.7. The van der Waals surface area contributed by atoms with Gasteiger partial charge in [-0.25, -0.2) is 8.78 Å². The molecule has 168 valence electrons. The van der Waals surface area contributed by atoms with Crippen molar-refractivity contribution >= 4 is 23.4 Å². The SMILES string of the molecule is O=C1CCC(c2ccc(NC(=O)c3ccc(CN4CCC(F)(F)CC4)cc3)cc2)C(=O)N1. The van der Waals surface area contributed by atoms with Crippen LogP contribution in [0, 0.1) is 0 Å². The lowest BCUT2D eigenvalue weighted by Gasteiger charge is -2.31. The van der Waals surface area contributed by atoms with Crippen molar-refractivity contribution < 1.29 is 23.2 Å². The van der Waals surface area contributed by atoms with E-state index in [1.54, 1.807) is 36.4 Å². The molecule has 0 aromatic heterocycles. The van der Waals surface area contributed by atoms with Gasteiger partial charge >= 0.3 is 0 Å². The molecule has 2 fully saturated rings. The number of benzene rings is 2. The number of alkyl halides is 2. The van der Waals surface area contributed by atoms with Crippen LogP contribution in [0.1, 0.15) is 53.1 Å². The van der Waals surface area contributed by atoms with E-state index in [2.05, 4.69) is 10.6 Å². The second-order valence-electron chi connectivity index (χ2n) is 8.41. The number of carbonyl (C=O) groups excluding carboxylic acids is 3. The Morgan fingerprint density at radius 1 is 1.03 bits per heavy atom. The summed E-state index contributed by atoms with van der Waals surface area (Å²) in [5, 5.41) is 5.18. The number of hydrogen-bond donors (Lipinski definition) is 2. The Kier molecular flexibility index (Phi) is 6.32. The van der Waals surface area contributed by atoms with E-state index >= 15 is 0 Å². The monoisotopic (exact) mass is 441 g/mol. The molecule has 32 heavy (non-hydrogen) atoms. The predicted molar refractivity (Wildman–Crippen MR) is 115 cm³/mol. The maximum atomic E-state index is 13.3. The molecule has 1 unspecified atom stereocenters. The van der Waals surface area contributed by atoms with Crippen molar-refractivity contribution in [2.24, 2.45) is 0 Å². The van der Waals surface area contributed by atoms with Crippen molar-refractivity contribution in [3.8, 4) is 0 Å². The average Bonchev–Trinajstić information content (AvgIpc) is 2.76. The van der Waals surface area contributed by atoms with Gasteiger partial charge in [0.25, 0.3) is 11.8 Å². The van der Waals surface area contributed by atoms with Gasteiger partial charge < -0.3 is 5.32 Å². The van der Waals surface area contributed by atoms with Crippen LogP contribution < -0.4 is 10.6 Å². The van der Waals surface area contributed by atoms with Crippen LogP contribution in [0.15, 0.2) is 48.5 Å². The van der Waals surface area contributed by atoms with Crippen LogP contribution in [-0.4, -0.2) is 41.6 Å². The number of nitrogens with zero attached hydrogens (tertiary/aromatic N) is 1. The number of hydrogen-bond acceptors (Lipinski definition) is 4. The highest BCUT2D eigenvalue weighted by Gasteiger charge is 2.33. The molecule has 1 atom stereocenters. The summed E-state index contributed by atoms with van der Waals surface area (Å²) in [5.74, 6) is -3.73. The second-order valence-corrected chi connectivity index (χ2v) is 8.41. The zero-order chi connectivity index (χ0) is 22.7. The molecule has 6 nitrogen and oxygen atoms in total. The maximum Gasteiger partial charge on any atom is 0.255 e. The first-order chi connectivity index (χ1) is 15.3. The highest BCUT2D eigenvalue weighted by molar-refractivity contribution is 6.04. The molecule has 2 aromatic carbocycles. The first kappa shape index (κ1) is 22.1. The van der Waals surface area contributed by atoms with Gasteiger partial charge in [-0.2, -0.15) is 0 Å². The van der Waals surface area contributed by atoms with E-state index in [0.29, 0.717) is 43.7 Å². The minimum Gasteiger partial charge on any atom is -0.322 e. The predicted octanol–water partition coefficient (Wildman–Crippen LogP) is 3.69. The van der Waals surface area contributed by atoms with Crippen molar-refractivity contribution in [3.63, 3.8) is 0 Å². The normalized spacial score (nSPS) is 21.1. The fourth-order valence-electron chi connectivity index (χ4n) is 4.07. The highest BCUT2D eigenvalue weighted by Crippen LogP contribution is 2.28. The van der Waals surface area contributed by atoms with E-state index in [-0.39, 0.29) is 36.5 Å². The Morgan fingerprint density at radius 2 is 1.69 bits per heavy atom. The van der Waals surface area contributed by atoms with Gasteiger partial charge in [-0.1, -0.05) is 24.3 Å². The molecule has 4 rings (SSSR count). The number of carbonyl (C=O) groups is 3. The zero-order valence-corrected chi connectivity index (χ0v) is 17.6. The summed E-state index contributed by atoms with van der Waals surface area (Å²) in [6.07, 6.45) is 0.559. The molecule has 0 aliphatic carbocycles. The number of nitrogens with one attached hydrogen (secondary N) is 2. The summed E-state index contributed by atoms with van der Waals surface area (Å²) in [5.41, 5.74) is 2.87. The molecule has 2 aliphatic rings. The standard InChI is InChI=1S/C24H25F2N3O3/c25-24(26)11-13-29(14-12-24)15-16-1-3-18(4-2-16)22(31)27-19-7-5-17(6-8-19)20-9-10-21(30)28-23(20)32/h1-8,20H,9-15H2,(H,27,31)(H,28,30,32). The quantitative estimate of drug-likeness (QED) is 0.694. The topological polar surface area (TPSA) is 78.5 Å². The van der Waals surface area contributed by atoms with E-state index < -0.39 is 5.92 Å². The number of rotatable bonds is 5. The molecule has 2 N–H and O–H groups in total. The van der Waals surface area contributed by atoms with E-state index in [1.807, 2.05) is 17.0 Å². The van der Waals surface area contributed by atoms with Gasteiger partial charge in [-0.3, -0.25) is 24.6 Å². The van der Waals surface area contributed by atoms with Gasteiger partial charge in [0.15, 0.2) is 0 Å². The van der Waals surface area contributed by atoms with Gasteiger partial charge in [0.05, 0.1) is 5.92 Å². The molecule has 0 radical (unpaired) electrons. The van der Waals surface area contributed by atoms with Crippen LogP contribution in [0.3, 0.4) is 0 Å². The van der Waals surface area contributed by atoms with Crippen molar-refractivity contribution in [2.45, 2.75) is 44.1 Å². The molecule has 0 spiro atoms. The highest BCUT2D eigenvalue weighted by atomic mass is 19.3. The molecular weight excluding hydrogens is 416 g/mol. The summed E-state index contributed by atoms with van der Waals surface area (Å²) in [4.78, 5) is 37.8. The number of piperidine rings is 2. The molecule has 0 saturated carbocycles. The number of anilines is 1. The molecule has 2 aromatic rings. The number of halogens is 2. The Balaban J connectivity index is 1.32. The summed E-state index contributed by atoms with van der Waals surface area (Å²) in [6.45, 7) is 1.31. The third-order valence-electron chi connectivity index (χ3n) is 6.02. The summed E-state index contributed by atoms with van der Waals surface area (Å²) < 4.78 is 26.6. The van der Waals surface area contributed by atoms with E-state index in [0.717, 1.165) is 11.1 Å². The Hall–Kier alpha value is -3.13. The van der Waals surface area contributed by atoms with Crippen molar-refractivity contribution in [1.29, 1.82) is 0 Å². The fourth-order valence-corrected chi connectivity index (χ4v) is 4.07. The third kappa shape index (κ3) is 5.37. The second kappa shape index (κ2) is 9.16. The largest absolute Gasteiger partial charge is 0.322 e. The van der Waals surface area contributed by atoms with Gasteiger partial charge in [-0.15, -0.1) is 0 Å². The minimum atomic E-state index is -2.56. The third-order valence-corrected chi connectivity index (χ3v) is 6.02. The number of amides is 3. The lowest BCUT2D eigenvalue weighted by atomic mass is 9.90. The maximum absolute atomic E-state index is 13.3. The lowest BCUT2D eigenvalue weighted by Crippen LogP contribution is -2.39. The van der Waals surface area contributed by atoms with E-state index in [4.69, 9.17) is 0 Å². The number of likely N-dealkylation sites (tertiary alicyclic amines) is 1. The first-order valence-corrected chi connectivity index (χ1v) is 10.7. The van der Waals surface area contributed by atoms with E-state index in [9.17, 15) is 23.2 Å². The molecule has 0 bridgehead atoms. The fraction of sp³-hybridized carbons (Fsp3) is 0.375. The van der Waals surface area contributed by atoms with Gasteiger partial charge in [-0.05, 0) is 41.8 Å². The zero-order valence-electron chi connectivity index (χ0n) is 17.6. The molecule has 3 amide bonds. The smallest absolute Gasteiger partial charge is 0.255 e. The number of imide groups is 1. The van der Waals surface area contributed by atoms with E-state index in [1.165, 1.54) is 0 Å². The van der Waals surface area contributed by atoms with Gasteiger partial charge in [0.1, 0.15) is 0 Å². The summed E-state index contributed by atoms with van der Waals surface area (Å²) >= 11 is 0. The van der Waals surface area contributed by atoms with Gasteiger partial charge in [0.2, 0.25) is 11.8 Å². The molecule has 2 saturated heterocycles. The van der Waals surface area contributed by atoms with Crippen LogP contribution in [0.2, 0.25) is 0 Å². The minimum absolute atomic E-state index is 0.115. The molecule has 8 heteroatoms. The van der Waals surface area contributed by atoms with Crippen LogP contribution in [0.4, 0.5) is 14.5 Å². The Labute approximate surface area is 185 Å². The van der Waals surface area contributed by atoms with Crippen molar-refractivity contribution in [3.05, 3.63) is 65.2 Å². The summed E-state index contributed by atoms with van der Waals surface area (Å²) in [7, 11) is 0. The van der Waals surface area contributed by atoms with Crippen LogP contribution in [0.25, 0.3) is 0 Å². The van der Waals surface area contributed by atoms with Crippen molar-refractivity contribution in [2.75, 3.05) is 18.4 Å². The summed E-state index contributed by atoms with van der Waals surface area (Å²) in [6, 6.07) is 14.2. The Bertz CT molecular complexity index is 996. The van der Waals surface area contributed by atoms with Crippen LogP contribution >= 0.6 is 0 Å². The molecular formula is C24H25F2N3O3. The lowest BCUT2D eigenvalue weighted by molar-refractivity contribution is -0.134. The van der Waals surface area contributed by atoms with Crippen LogP contribution in [0.5, 0.6) is 0 Å². The van der Waals surface area contributed by atoms with Crippen molar-refractivity contribution in [1.82, 2.24) is 10.2 Å². The molecule has 2 aliphatic heterocycles. The van der Waals surface area contributed by atoms with Crippen LogP contribution in [-0.2, 0) is 16.1 Å². The van der Waals surface area contributed by atoms with Gasteiger partial charge in [0, 0.05) is 50.1 Å². The average molecular weight is 441 g/mol. The Morgan fingerprint density at radius 3 is 2.31 bits per heavy atom.